The smallest absolute Gasteiger partial charge is 0.0491 e. The fraction of sp³-hybridized carbons (Fsp3) is 0. The van der Waals surface area contributed by atoms with E-state index in [1.807, 2.05) is 0 Å². The Bertz CT molecular complexity index is 641. The van der Waals surface area contributed by atoms with Crippen LogP contribution in [-0.4, -0.2) is 0 Å². The molecule has 0 aliphatic rings. The summed E-state index contributed by atoms with van der Waals surface area (Å²) < 4.78 is 0. The highest BCUT2D eigenvalue weighted by molar-refractivity contribution is 6.39. The van der Waals surface area contributed by atoms with Crippen LogP contribution in [0.5, 0.6) is 0 Å². The molecule has 0 nitrogen and oxygen atoms in total. The lowest BCUT2D eigenvalue weighted by atomic mass is 10.0. The van der Waals surface area contributed by atoms with Crippen molar-refractivity contribution in [3.63, 3.8) is 0 Å². The van der Waals surface area contributed by atoms with Gasteiger partial charge in [-0.15, -0.1) is 0 Å². The molecule has 0 saturated heterocycles. The van der Waals surface area contributed by atoms with Crippen LogP contribution in [0.25, 0.3) is 23.3 Å². The molecule has 0 amide bonds. The molecule has 2 rings (SSSR count). The Morgan fingerprint density at radius 3 is 1.25 bits per heavy atom. The van der Waals surface area contributed by atoms with E-state index in [1.54, 1.807) is 36.4 Å². The summed E-state index contributed by atoms with van der Waals surface area (Å²) in [6, 6.07) is 7.01. The molecule has 0 aromatic heterocycles. The SMILES string of the molecule is C=Cc1cc(Cl)c(-c2cc(Cl)c(C=C)cc2Cl)cc1Cl. The van der Waals surface area contributed by atoms with Crippen LogP contribution in [0.4, 0.5) is 0 Å². The predicted octanol–water partition coefficient (Wildman–Crippen LogP) is 7.25. The molecule has 0 radical (unpaired) electrons. The van der Waals surface area contributed by atoms with Crippen LogP contribution in [0.15, 0.2) is 37.4 Å². The lowest BCUT2D eigenvalue weighted by Gasteiger charge is -2.11. The molecule has 0 N–H and O–H groups in total. The van der Waals surface area contributed by atoms with Crippen molar-refractivity contribution in [1.29, 1.82) is 0 Å². The third-order valence-corrected chi connectivity index (χ3v) is 4.18. The van der Waals surface area contributed by atoms with Crippen LogP contribution >= 0.6 is 46.4 Å². The van der Waals surface area contributed by atoms with E-state index in [1.165, 1.54) is 0 Å². The summed E-state index contributed by atoms with van der Waals surface area (Å²) in [7, 11) is 0. The number of hydrogen-bond donors (Lipinski definition) is 0. The van der Waals surface area contributed by atoms with E-state index in [0.29, 0.717) is 20.1 Å². The van der Waals surface area contributed by atoms with Gasteiger partial charge in [-0.3, -0.25) is 0 Å². The van der Waals surface area contributed by atoms with E-state index < -0.39 is 0 Å². The molecule has 0 fully saturated rings. The molecule has 4 heteroatoms. The molecule has 0 aliphatic heterocycles. The van der Waals surface area contributed by atoms with Crippen molar-refractivity contribution >= 4 is 58.6 Å². The van der Waals surface area contributed by atoms with Gasteiger partial charge in [-0.25, -0.2) is 0 Å². The van der Waals surface area contributed by atoms with E-state index in [2.05, 4.69) is 13.2 Å². The fourth-order valence-electron chi connectivity index (χ4n) is 1.85. The monoisotopic (exact) mass is 342 g/mol. The number of halogens is 4. The molecule has 0 saturated carbocycles. The van der Waals surface area contributed by atoms with Crippen molar-refractivity contribution in [3.05, 3.63) is 68.6 Å². The largest absolute Gasteiger partial charge is 0.0984 e. The van der Waals surface area contributed by atoms with Crippen LogP contribution in [0, 0.1) is 0 Å². The van der Waals surface area contributed by atoms with Gasteiger partial charge in [-0.1, -0.05) is 71.7 Å². The zero-order chi connectivity index (χ0) is 14.9. The van der Waals surface area contributed by atoms with Crippen molar-refractivity contribution in [2.24, 2.45) is 0 Å². The van der Waals surface area contributed by atoms with Gasteiger partial charge < -0.3 is 0 Å². The third kappa shape index (κ3) is 2.89. The van der Waals surface area contributed by atoms with Gasteiger partial charge in [0.15, 0.2) is 0 Å². The van der Waals surface area contributed by atoms with Crippen LogP contribution < -0.4 is 0 Å². The van der Waals surface area contributed by atoms with Crippen LogP contribution in [-0.2, 0) is 0 Å². The van der Waals surface area contributed by atoms with Gasteiger partial charge in [0.05, 0.1) is 0 Å². The van der Waals surface area contributed by atoms with Crippen molar-refractivity contribution in [1.82, 2.24) is 0 Å². The zero-order valence-electron chi connectivity index (χ0n) is 10.4. The minimum atomic E-state index is 0.536. The van der Waals surface area contributed by atoms with E-state index in [0.717, 1.165) is 22.3 Å². The fourth-order valence-corrected chi connectivity index (χ4v) is 2.88. The second-order valence-electron chi connectivity index (χ2n) is 4.12. The van der Waals surface area contributed by atoms with Crippen LogP contribution in [0.2, 0.25) is 20.1 Å². The average Bonchev–Trinajstić information content (AvgIpc) is 2.43. The highest BCUT2D eigenvalue weighted by atomic mass is 35.5. The Labute approximate surface area is 138 Å². The normalized spacial score (nSPS) is 10.4. The lowest BCUT2D eigenvalue weighted by molar-refractivity contribution is 1.58. The number of hydrogen-bond acceptors (Lipinski definition) is 0. The van der Waals surface area contributed by atoms with Gasteiger partial charge in [-0.05, 0) is 35.4 Å². The summed E-state index contributed by atoms with van der Waals surface area (Å²) >= 11 is 24.9. The maximum Gasteiger partial charge on any atom is 0.0491 e. The highest BCUT2D eigenvalue weighted by Crippen LogP contribution is 2.39. The molecule has 20 heavy (non-hydrogen) atoms. The van der Waals surface area contributed by atoms with E-state index in [9.17, 15) is 0 Å². The number of rotatable bonds is 3. The number of benzene rings is 2. The molecule has 0 spiro atoms. The van der Waals surface area contributed by atoms with Gasteiger partial charge in [0.1, 0.15) is 0 Å². The maximum atomic E-state index is 6.28. The Balaban J connectivity index is 2.68. The third-order valence-electron chi connectivity index (χ3n) is 2.90. The molecule has 0 unspecified atom stereocenters. The van der Waals surface area contributed by atoms with Crippen LogP contribution in [0.3, 0.4) is 0 Å². The minimum absolute atomic E-state index is 0.536. The molecule has 2 aromatic rings. The summed E-state index contributed by atoms with van der Waals surface area (Å²) in [5.74, 6) is 0. The molecule has 2 aromatic carbocycles. The standard InChI is InChI=1S/C16H10Cl4/c1-3-9-5-15(19)11(7-13(9)17)12-8-14(18)10(4-2)6-16(12)20/h3-8H,1-2H2. The summed E-state index contributed by atoms with van der Waals surface area (Å²) in [6.45, 7) is 7.38. The van der Waals surface area contributed by atoms with E-state index in [-0.39, 0.29) is 0 Å². The second kappa shape index (κ2) is 6.24. The lowest BCUT2D eigenvalue weighted by Crippen LogP contribution is -1.87. The summed E-state index contributed by atoms with van der Waals surface area (Å²) in [5, 5.41) is 2.18. The average molecular weight is 344 g/mol. The molecule has 102 valence electrons. The first-order chi connectivity index (χ1) is 9.47. The maximum absolute atomic E-state index is 6.28. The molecule has 0 heterocycles. The van der Waals surface area contributed by atoms with Gasteiger partial charge in [0.2, 0.25) is 0 Å². The molecule has 0 aliphatic carbocycles. The highest BCUT2D eigenvalue weighted by Gasteiger charge is 2.13. The Kier molecular flexibility index (Phi) is 4.82. The predicted molar refractivity (Wildman–Crippen MR) is 92.1 cm³/mol. The van der Waals surface area contributed by atoms with E-state index in [4.69, 9.17) is 46.4 Å². The quantitative estimate of drug-likeness (QED) is 0.550. The summed E-state index contributed by atoms with van der Waals surface area (Å²) in [6.07, 6.45) is 3.29. The van der Waals surface area contributed by atoms with Crippen molar-refractivity contribution in [2.75, 3.05) is 0 Å². The van der Waals surface area contributed by atoms with Gasteiger partial charge in [0.25, 0.3) is 0 Å². The summed E-state index contributed by atoms with van der Waals surface area (Å²) in [4.78, 5) is 0. The molecule has 0 bridgehead atoms. The van der Waals surface area contributed by atoms with Gasteiger partial charge in [-0.2, -0.15) is 0 Å². The Morgan fingerprint density at radius 2 is 0.950 bits per heavy atom. The van der Waals surface area contributed by atoms with Crippen LogP contribution in [0.1, 0.15) is 11.1 Å². The van der Waals surface area contributed by atoms with Crippen molar-refractivity contribution in [3.8, 4) is 11.1 Å². The second-order valence-corrected chi connectivity index (χ2v) is 5.74. The minimum Gasteiger partial charge on any atom is -0.0984 e. The molecule has 0 atom stereocenters. The zero-order valence-corrected chi connectivity index (χ0v) is 13.4. The first-order valence-corrected chi connectivity index (χ1v) is 7.22. The molecular weight excluding hydrogens is 334 g/mol. The summed E-state index contributed by atoms with van der Waals surface area (Å²) in [5.41, 5.74) is 2.99. The van der Waals surface area contributed by atoms with Gasteiger partial charge in [0, 0.05) is 31.2 Å². The van der Waals surface area contributed by atoms with E-state index >= 15 is 0 Å². The topological polar surface area (TPSA) is 0 Å². The molecular formula is C16H10Cl4. The van der Waals surface area contributed by atoms with Crippen molar-refractivity contribution < 1.29 is 0 Å². The Hall–Kier alpha value is -0.920. The first kappa shape index (κ1) is 15.5. The Morgan fingerprint density at radius 1 is 0.600 bits per heavy atom. The van der Waals surface area contributed by atoms with Gasteiger partial charge >= 0.3 is 0 Å². The van der Waals surface area contributed by atoms with Crippen molar-refractivity contribution in [2.45, 2.75) is 0 Å². The first-order valence-electron chi connectivity index (χ1n) is 5.71.